The number of rotatable bonds is 2. The van der Waals surface area contributed by atoms with Crippen LogP contribution in [0.25, 0.3) is 0 Å². The van der Waals surface area contributed by atoms with Crippen molar-refractivity contribution < 1.29 is 14.7 Å². The molecule has 9 heavy (non-hydrogen) atoms. The smallest absolute Gasteiger partial charge is 0.307 e. The lowest BCUT2D eigenvalue weighted by Crippen LogP contribution is -2.33. The van der Waals surface area contributed by atoms with Gasteiger partial charge in [0.15, 0.2) is 0 Å². The maximum Gasteiger partial charge on any atom is 0.307 e. The van der Waals surface area contributed by atoms with E-state index < -0.39 is 5.97 Å². The normalized spacial score (nSPS) is 32.9. The van der Waals surface area contributed by atoms with Gasteiger partial charge in [-0.3, -0.25) is 4.79 Å². The van der Waals surface area contributed by atoms with Gasteiger partial charge in [-0.1, -0.05) is 0 Å². The molecule has 0 spiro atoms. The fourth-order valence-electron chi connectivity index (χ4n) is 0.995. The number of aldehydes is 1. The van der Waals surface area contributed by atoms with Gasteiger partial charge in [-0.15, -0.1) is 0 Å². The summed E-state index contributed by atoms with van der Waals surface area (Å²) in [5.41, 5.74) is 0. The number of carbonyl (C=O) groups is 2. The van der Waals surface area contributed by atoms with E-state index in [1.165, 1.54) is 0 Å². The average molecular weight is 128 g/mol. The minimum Gasteiger partial charge on any atom is -0.481 e. The number of carboxylic acid groups (broad SMARTS) is 1. The zero-order valence-corrected chi connectivity index (χ0v) is 4.91. The Morgan fingerprint density at radius 1 is 1.56 bits per heavy atom. The highest BCUT2D eigenvalue weighted by Crippen LogP contribution is 2.32. The lowest BCUT2D eigenvalue weighted by Gasteiger charge is -2.27. The number of carbonyl (C=O) groups excluding carboxylic acids is 1. The predicted octanol–water partition coefficient (Wildman–Crippen LogP) is 0.296. The van der Waals surface area contributed by atoms with Crippen LogP contribution in [0.5, 0.6) is 0 Å². The summed E-state index contributed by atoms with van der Waals surface area (Å²) >= 11 is 0. The van der Waals surface area contributed by atoms with Crippen molar-refractivity contribution in [2.75, 3.05) is 0 Å². The Kier molecular flexibility index (Phi) is 1.51. The van der Waals surface area contributed by atoms with Gasteiger partial charge in [0.2, 0.25) is 0 Å². The van der Waals surface area contributed by atoms with Crippen molar-refractivity contribution in [3.05, 3.63) is 0 Å². The second-order valence-corrected chi connectivity index (χ2v) is 2.32. The van der Waals surface area contributed by atoms with Crippen LogP contribution in [0.1, 0.15) is 12.8 Å². The second kappa shape index (κ2) is 2.17. The van der Waals surface area contributed by atoms with Gasteiger partial charge in [0.25, 0.3) is 0 Å². The second-order valence-electron chi connectivity index (χ2n) is 2.32. The fourth-order valence-corrected chi connectivity index (χ4v) is 0.995. The summed E-state index contributed by atoms with van der Waals surface area (Å²) in [6, 6.07) is 0. The predicted molar refractivity (Wildman–Crippen MR) is 29.9 cm³/mol. The Bertz CT molecular complexity index is 141. The van der Waals surface area contributed by atoms with E-state index in [1.54, 1.807) is 0 Å². The van der Waals surface area contributed by atoms with Crippen molar-refractivity contribution in [1.29, 1.82) is 0 Å². The number of aliphatic carboxylic acids is 1. The van der Waals surface area contributed by atoms with E-state index in [1.807, 2.05) is 0 Å². The number of carboxylic acids is 1. The summed E-state index contributed by atoms with van der Waals surface area (Å²) in [5.74, 6) is -1.43. The molecule has 0 amide bonds. The molecule has 1 rings (SSSR count). The largest absolute Gasteiger partial charge is 0.481 e. The molecular formula is C6H8O3. The zero-order valence-electron chi connectivity index (χ0n) is 4.91. The van der Waals surface area contributed by atoms with E-state index in [-0.39, 0.29) is 11.8 Å². The van der Waals surface area contributed by atoms with Crippen LogP contribution in [0.4, 0.5) is 0 Å². The molecule has 3 heteroatoms. The monoisotopic (exact) mass is 128 g/mol. The molecule has 3 nitrogen and oxygen atoms in total. The Morgan fingerprint density at radius 2 is 2.22 bits per heavy atom. The lowest BCUT2D eigenvalue weighted by molar-refractivity contribution is -0.149. The van der Waals surface area contributed by atoms with Crippen LogP contribution in [-0.2, 0) is 9.59 Å². The molecule has 0 aromatic heterocycles. The Labute approximate surface area is 52.7 Å². The number of hydrogen-bond donors (Lipinski definition) is 1. The summed E-state index contributed by atoms with van der Waals surface area (Å²) in [4.78, 5) is 20.2. The van der Waals surface area contributed by atoms with Crippen LogP contribution in [0.15, 0.2) is 0 Å². The molecule has 50 valence electrons. The molecule has 0 heterocycles. The quantitative estimate of drug-likeness (QED) is 0.544. The van der Waals surface area contributed by atoms with E-state index in [4.69, 9.17) is 5.11 Å². The molecule has 0 radical (unpaired) electrons. The average Bonchev–Trinajstić information content (AvgIpc) is 1.61. The minimum atomic E-state index is -0.835. The highest BCUT2D eigenvalue weighted by Gasteiger charge is 2.35. The van der Waals surface area contributed by atoms with Crippen LogP contribution in [0, 0.1) is 11.8 Å². The van der Waals surface area contributed by atoms with E-state index in [2.05, 4.69) is 0 Å². The molecule has 1 N–H and O–H groups in total. The van der Waals surface area contributed by atoms with Crippen molar-refractivity contribution in [1.82, 2.24) is 0 Å². The van der Waals surface area contributed by atoms with Gasteiger partial charge >= 0.3 is 5.97 Å². The summed E-state index contributed by atoms with van der Waals surface area (Å²) in [6.07, 6.45) is 2.15. The molecule has 2 atom stereocenters. The van der Waals surface area contributed by atoms with E-state index >= 15 is 0 Å². The summed E-state index contributed by atoms with van der Waals surface area (Å²) in [6.45, 7) is 0. The first kappa shape index (κ1) is 6.26. The maximum atomic E-state index is 10.2. The summed E-state index contributed by atoms with van der Waals surface area (Å²) in [7, 11) is 0. The molecule has 0 bridgehead atoms. The van der Waals surface area contributed by atoms with Crippen molar-refractivity contribution in [2.24, 2.45) is 11.8 Å². The first-order valence-electron chi connectivity index (χ1n) is 2.94. The van der Waals surface area contributed by atoms with Crippen LogP contribution in [0.2, 0.25) is 0 Å². The lowest BCUT2D eigenvalue weighted by atomic mass is 9.75. The summed E-state index contributed by atoms with van der Waals surface area (Å²) < 4.78 is 0. The Morgan fingerprint density at radius 3 is 2.33 bits per heavy atom. The Hall–Kier alpha value is -0.860. The molecular weight excluding hydrogens is 120 g/mol. The van der Waals surface area contributed by atoms with E-state index in [0.717, 1.165) is 12.7 Å². The van der Waals surface area contributed by atoms with Gasteiger partial charge in [-0.2, -0.15) is 0 Å². The van der Waals surface area contributed by atoms with Gasteiger partial charge in [0.1, 0.15) is 6.29 Å². The molecule has 0 aromatic carbocycles. The van der Waals surface area contributed by atoms with Crippen molar-refractivity contribution in [3.63, 3.8) is 0 Å². The van der Waals surface area contributed by atoms with Crippen LogP contribution >= 0.6 is 0 Å². The van der Waals surface area contributed by atoms with Gasteiger partial charge in [0.05, 0.1) is 5.92 Å². The van der Waals surface area contributed by atoms with Crippen LogP contribution in [0.3, 0.4) is 0 Å². The van der Waals surface area contributed by atoms with Crippen molar-refractivity contribution in [2.45, 2.75) is 12.8 Å². The molecule has 1 fully saturated rings. The standard InChI is InChI=1S/C6H8O3/c7-3-4-1-2-5(4)6(8)9/h3-5H,1-2H2,(H,8,9). The first-order valence-corrected chi connectivity index (χ1v) is 2.94. The molecule has 1 aliphatic rings. The Balaban J connectivity index is 2.44. The molecule has 0 aromatic rings. The molecule has 2 unspecified atom stereocenters. The highest BCUT2D eigenvalue weighted by molar-refractivity contribution is 5.76. The summed E-state index contributed by atoms with van der Waals surface area (Å²) in [5, 5.41) is 8.38. The topological polar surface area (TPSA) is 54.4 Å². The molecule has 0 saturated heterocycles. The van der Waals surface area contributed by atoms with Gasteiger partial charge < -0.3 is 9.90 Å². The van der Waals surface area contributed by atoms with Crippen LogP contribution in [-0.4, -0.2) is 17.4 Å². The van der Waals surface area contributed by atoms with Crippen LogP contribution < -0.4 is 0 Å². The molecule has 0 aliphatic heterocycles. The zero-order chi connectivity index (χ0) is 6.85. The van der Waals surface area contributed by atoms with E-state index in [9.17, 15) is 9.59 Å². The van der Waals surface area contributed by atoms with Gasteiger partial charge in [-0.05, 0) is 12.8 Å². The minimum absolute atomic E-state index is 0.206. The third-order valence-electron chi connectivity index (χ3n) is 1.82. The number of hydrogen-bond acceptors (Lipinski definition) is 2. The SMILES string of the molecule is O=CC1CCC1C(=O)O. The third-order valence-corrected chi connectivity index (χ3v) is 1.82. The third kappa shape index (κ3) is 0.943. The first-order chi connectivity index (χ1) is 4.25. The maximum absolute atomic E-state index is 10.2. The van der Waals surface area contributed by atoms with Crippen molar-refractivity contribution in [3.8, 4) is 0 Å². The fraction of sp³-hybridized carbons (Fsp3) is 0.667. The molecule has 1 saturated carbocycles. The van der Waals surface area contributed by atoms with E-state index in [0.29, 0.717) is 6.42 Å². The van der Waals surface area contributed by atoms with Crippen molar-refractivity contribution >= 4 is 12.3 Å². The van der Waals surface area contributed by atoms with Gasteiger partial charge in [-0.25, -0.2) is 0 Å². The molecule has 1 aliphatic carbocycles. The highest BCUT2D eigenvalue weighted by atomic mass is 16.4. The van der Waals surface area contributed by atoms with Gasteiger partial charge in [0, 0.05) is 5.92 Å².